The normalized spacial score (nSPS) is 12.2. The quantitative estimate of drug-likeness (QED) is 0.278. The van der Waals surface area contributed by atoms with Gasteiger partial charge in [-0.15, -0.1) is 11.8 Å². The second-order valence-corrected chi connectivity index (χ2v) is 9.06. The van der Waals surface area contributed by atoms with Crippen molar-refractivity contribution in [3.8, 4) is 5.75 Å². The highest BCUT2D eigenvalue weighted by molar-refractivity contribution is 7.98. The first-order valence-corrected chi connectivity index (χ1v) is 12.7. The number of aliphatic hydroxyl groups excluding tert-OH is 1. The molecule has 1 unspecified atom stereocenters. The Kier molecular flexibility index (Phi) is 8.22. The van der Waals surface area contributed by atoms with Crippen LogP contribution in [0.2, 0.25) is 0 Å². The monoisotopic (exact) mass is 511 g/mol. The number of alkyl halides is 2. The number of nitrogens with one attached hydrogen (secondary N) is 1. The molecule has 2 aromatic carbocycles. The molecule has 2 heterocycles. The van der Waals surface area contributed by atoms with E-state index in [2.05, 4.69) is 19.6 Å². The maximum Gasteiger partial charge on any atom is 0.387 e. The van der Waals surface area contributed by atoms with Gasteiger partial charge in [-0.2, -0.15) is 8.78 Å². The van der Waals surface area contributed by atoms with Gasteiger partial charge in [0.1, 0.15) is 5.75 Å². The second-order valence-electron chi connectivity index (χ2n) is 8.18. The number of benzene rings is 2. The third kappa shape index (κ3) is 5.85. The molecule has 2 aromatic heterocycles. The lowest BCUT2D eigenvalue weighted by Crippen LogP contribution is -2.31. The van der Waals surface area contributed by atoms with Gasteiger partial charge in [0.25, 0.3) is 5.91 Å². The van der Waals surface area contributed by atoms with Gasteiger partial charge in [-0.3, -0.25) is 9.78 Å². The molecular formula is C27H27F2N3O3S. The number of carbonyl (C=O) groups is 1. The van der Waals surface area contributed by atoms with Crippen molar-refractivity contribution in [1.29, 1.82) is 0 Å². The Morgan fingerprint density at radius 1 is 1.14 bits per heavy atom. The van der Waals surface area contributed by atoms with Gasteiger partial charge in [0.2, 0.25) is 0 Å². The van der Waals surface area contributed by atoms with Crippen LogP contribution in [0.1, 0.15) is 40.3 Å². The highest BCUT2D eigenvalue weighted by atomic mass is 32.2. The number of aliphatic hydroxyl groups is 1. The fourth-order valence-corrected chi connectivity index (χ4v) is 4.52. The summed E-state index contributed by atoms with van der Waals surface area (Å²) in [6.45, 7) is -0.336. The van der Waals surface area contributed by atoms with Gasteiger partial charge in [-0.05, 0) is 67.3 Å². The van der Waals surface area contributed by atoms with E-state index in [1.165, 1.54) is 12.1 Å². The Labute approximate surface area is 212 Å². The average molecular weight is 512 g/mol. The van der Waals surface area contributed by atoms with Gasteiger partial charge < -0.3 is 19.7 Å². The van der Waals surface area contributed by atoms with Gasteiger partial charge in [-0.25, -0.2) is 0 Å². The van der Waals surface area contributed by atoms with E-state index in [9.17, 15) is 18.7 Å². The molecule has 1 amide bonds. The topological polar surface area (TPSA) is 76.4 Å². The van der Waals surface area contributed by atoms with Crippen LogP contribution in [0, 0.1) is 0 Å². The summed E-state index contributed by atoms with van der Waals surface area (Å²) in [6.07, 6.45) is 4.27. The average Bonchev–Trinajstić information content (AvgIpc) is 3.24. The zero-order chi connectivity index (χ0) is 25.7. The Balaban J connectivity index is 1.53. The molecule has 4 rings (SSSR count). The van der Waals surface area contributed by atoms with Crippen LogP contribution in [0.5, 0.6) is 5.75 Å². The number of amides is 1. The van der Waals surface area contributed by atoms with E-state index in [1.807, 2.05) is 37.4 Å². The van der Waals surface area contributed by atoms with Crippen LogP contribution in [-0.2, 0) is 13.0 Å². The summed E-state index contributed by atoms with van der Waals surface area (Å²) in [4.78, 5) is 18.3. The standard InChI is InChI=1S/C27H27F2N3O3S/c1-3-32-20(12-17-4-7-21(8-5-17)35-27(28)29)14-19-13-18(6-11-25(19)32)26(34)31-24(16-33)23-10-9-22(36-2)15-30-23/h4-11,13-15,24,27,33H,3,12,16H2,1-2H3,(H,31,34). The predicted octanol–water partition coefficient (Wildman–Crippen LogP) is 5.43. The van der Waals surface area contributed by atoms with E-state index in [0.717, 1.165) is 33.6 Å². The fraction of sp³-hybridized carbons (Fsp3) is 0.259. The summed E-state index contributed by atoms with van der Waals surface area (Å²) >= 11 is 1.57. The predicted molar refractivity (Wildman–Crippen MR) is 137 cm³/mol. The summed E-state index contributed by atoms with van der Waals surface area (Å²) in [5, 5.41) is 13.6. The number of thioether (sulfide) groups is 1. The molecule has 6 nitrogen and oxygen atoms in total. The minimum absolute atomic E-state index is 0.122. The Morgan fingerprint density at radius 2 is 1.92 bits per heavy atom. The van der Waals surface area contributed by atoms with E-state index in [0.29, 0.717) is 17.7 Å². The molecule has 1 atom stereocenters. The molecule has 0 radical (unpaired) electrons. The number of pyridine rings is 1. The van der Waals surface area contributed by atoms with Gasteiger partial charge >= 0.3 is 6.61 Å². The van der Waals surface area contributed by atoms with E-state index in [1.54, 1.807) is 42.2 Å². The van der Waals surface area contributed by atoms with Crippen LogP contribution in [-0.4, -0.2) is 40.0 Å². The summed E-state index contributed by atoms with van der Waals surface area (Å²) in [5.41, 5.74) is 4.07. The van der Waals surface area contributed by atoms with Crippen LogP contribution in [0.4, 0.5) is 8.78 Å². The molecule has 0 bridgehead atoms. The number of aromatic nitrogens is 2. The number of halogens is 2. The van der Waals surface area contributed by atoms with Crippen molar-refractivity contribution in [2.24, 2.45) is 0 Å². The molecule has 9 heteroatoms. The van der Waals surface area contributed by atoms with Crippen molar-refractivity contribution in [1.82, 2.24) is 14.9 Å². The van der Waals surface area contributed by atoms with Gasteiger partial charge in [0, 0.05) is 46.2 Å². The first-order chi connectivity index (χ1) is 17.4. The van der Waals surface area contributed by atoms with Crippen LogP contribution >= 0.6 is 11.8 Å². The number of nitrogens with zero attached hydrogens (tertiary/aromatic N) is 2. The molecule has 0 aliphatic carbocycles. The summed E-state index contributed by atoms with van der Waals surface area (Å²) < 4.78 is 31.4. The number of hydrogen-bond acceptors (Lipinski definition) is 5. The maximum atomic E-state index is 13.0. The fourth-order valence-electron chi connectivity index (χ4n) is 4.16. The maximum absolute atomic E-state index is 13.0. The van der Waals surface area contributed by atoms with E-state index >= 15 is 0 Å². The Bertz CT molecular complexity index is 1320. The van der Waals surface area contributed by atoms with Crippen LogP contribution < -0.4 is 10.1 Å². The van der Waals surface area contributed by atoms with Gasteiger partial charge in [0.05, 0.1) is 18.3 Å². The van der Waals surface area contributed by atoms with Crippen molar-refractivity contribution in [2.75, 3.05) is 12.9 Å². The third-order valence-corrected chi connectivity index (χ3v) is 6.65. The van der Waals surface area contributed by atoms with Crippen molar-refractivity contribution in [3.05, 3.63) is 89.4 Å². The molecule has 0 aliphatic rings. The molecular weight excluding hydrogens is 484 g/mol. The van der Waals surface area contributed by atoms with E-state index < -0.39 is 12.7 Å². The number of ether oxygens (including phenoxy) is 1. The minimum Gasteiger partial charge on any atom is -0.435 e. The van der Waals surface area contributed by atoms with E-state index in [-0.39, 0.29) is 18.3 Å². The summed E-state index contributed by atoms with van der Waals surface area (Å²) in [5.74, 6) is -0.177. The highest BCUT2D eigenvalue weighted by Crippen LogP contribution is 2.25. The van der Waals surface area contributed by atoms with Gasteiger partial charge in [0.15, 0.2) is 0 Å². The molecule has 4 aromatic rings. The van der Waals surface area contributed by atoms with Crippen molar-refractivity contribution >= 4 is 28.6 Å². The third-order valence-electron chi connectivity index (χ3n) is 5.94. The minimum atomic E-state index is -2.85. The lowest BCUT2D eigenvalue weighted by atomic mass is 10.1. The first-order valence-electron chi connectivity index (χ1n) is 11.5. The molecule has 0 spiro atoms. The second kappa shape index (κ2) is 11.5. The molecule has 188 valence electrons. The number of aryl methyl sites for hydroxylation is 1. The highest BCUT2D eigenvalue weighted by Gasteiger charge is 2.18. The Morgan fingerprint density at radius 3 is 2.53 bits per heavy atom. The van der Waals surface area contributed by atoms with Crippen LogP contribution in [0.3, 0.4) is 0 Å². The molecule has 0 saturated heterocycles. The smallest absolute Gasteiger partial charge is 0.387 e. The van der Waals surface area contributed by atoms with Gasteiger partial charge in [-0.1, -0.05) is 12.1 Å². The van der Waals surface area contributed by atoms with Crippen molar-refractivity contribution in [3.63, 3.8) is 0 Å². The first kappa shape index (κ1) is 25.7. The molecule has 0 saturated carbocycles. The SMILES string of the molecule is CCn1c(Cc2ccc(OC(F)F)cc2)cc2cc(C(=O)NC(CO)c3ccc(SC)cn3)ccc21. The number of fused-ring (bicyclic) bond motifs is 1. The summed E-state index contributed by atoms with van der Waals surface area (Å²) in [7, 11) is 0. The molecule has 36 heavy (non-hydrogen) atoms. The van der Waals surface area contributed by atoms with E-state index in [4.69, 9.17) is 0 Å². The number of hydrogen-bond donors (Lipinski definition) is 2. The zero-order valence-corrected chi connectivity index (χ0v) is 20.8. The lowest BCUT2D eigenvalue weighted by Gasteiger charge is -2.16. The molecule has 0 aliphatic heterocycles. The summed E-state index contributed by atoms with van der Waals surface area (Å²) in [6, 6.07) is 17.2. The van der Waals surface area contributed by atoms with Crippen molar-refractivity contribution in [2.45, 2.75) is 37.4 Å². The zero-order valence-electron chi connectivity index (χ0n) is 19.9. The molecule has 2 N–H and O–H groups in total. The van der Waals surface area contributed by atoms with Crippen molar-refractivity contribution < 1.29 is 23.4 Å². The number of carbonyl (C=O) groups excluding carboxylic acids is 1. The molecule has 0 fully saturated rings. The number of rotatable bonds is 10. The largest absolute Gasteiger partial charge is 0.435 e. The Hall–Kier alpha value is -3.43. The lowest BCUT2D eigenvalue weighted by molar-refractivity contribution is -0.0498. The van der Waals surface area contributed by atoms with Crippen LogP contribution in [0.25, 0.3) is 10.9 Å². The van der Waals surface area contributed by atoms with Crippen LogP contribution in [0.15, 0.2) is 71.8 Å².